The predicted molar refractivity (Wildman–Crippen MR) is 169 cm³/mol. The summed E-state index contributed by atoms with van der Waals surface area (Å²) in [4.78, 5) is 35.4. The number of rotatable bonds is 24. The van der Waals surface area contributed by atoms with Gasteiger partial charge in [-0.15, -0.1) is 0 Å². The number of fused-ring (bicyclic) bond motifs is 1. The van der Waals surface area contributed by atoms with Crippen LogP contribution in [0, 0.1) is 0 Å². The summed E-state index contributed by atoms with van der Waals surface area (Å²) in [6, 6.07) is 0.446. The van der Waals surface area contributed by atoms with Crippen LogP contribution in [0.4, 0.5) is 4.79 Å². The van der Waals surface area contributed by atoms with Crippen LogP contribution < -0.4 is 21.3 Å². The summed E-state index contributed by atoms with van der Waals surface area (Å²) in [6.07, 6.45) is 10.3. The molecule has 0 saturated carbocycles. The van der Waals surface area contributed by atoms with Crippen molar-refractivity contribution in [3.05, 3.63) is 0 Å². The van der Waals surface area contributed by atoms with Crippen LogP contribution in [0.2, 0.25) is 0 Å². The Bertz CT molecular complexity index is 762. The van der Waals surface area contributed by atoms with E-state index in [1.54, 1.807) is 0 Å². The van der Waals surface area contributed by atoms with Crippen LogP contribution in [0.15, 0.2) is 0 Å². The van der Waals surface area contributed by atoms with E-state index in [0.717, 1.165) is 55.9 Å². The van der Waals surface area contributed by atoms with Crippen molar-refractivity contribution in [2.75, 3.05) is 64.2 Å². The zero-order valence-corrected chi connectivity index (χ0v) is 26.8. The van der Waals surface area contributed by atoms with Gasteiger partial charge in [-0.25, -0.2) is 4.79 Å². The maximum Gasteiger partial charge on any atom is 0.315 e. The largest absolute Gasteiger partial charge is 0.379 e. The van der Waals surface area contributed by atoms with Crippen molar-refractivity contribution in [2.45, 2.75) is 93.2 Å². The molecular weight excluding hydrogens is 585 g/mol. The molecule has 3 aliphatic heterocycles. The average Bonchev–Trinajstić information content (AvgIpc) is 3.70. The molecule has 4 amide bonds. The molecule has 3 saturated heterocycles. The van der Waals surface area contributed by atoms with Crippen LogP contribution >= 0.6 is 33.3 Å². The minimum atomic E-state index is -0.0505. The van der Waals surface area contributed by atoms with Gasteiger partial charge in [-0.05, 0) is 44.9 Å². The summed E-state index contributed by atoms with van der Waals surface area (Å²) >= 11 is 1.91. The van der Waals surface area contributed by atoms with E-state index >= 15 is 0 Å². The van der Waals surface area contributed by atoms with Gasteiger partial charge in [0, 0.05) is 61.2 Å². The Morgan fingerprint density at radius 2 is 1.39 bits per heavy atom. The van der Waals surface area contributed by atoms with Crippen molar-refractivity contribution in [1.82, 2.24) is 21.3 Å². The third-order valence-electron chi connectivity index (χ3n) is 7.31. The molecule has 236 valence electrons. The SMILES string of the molecule is O=C(CCCC[C@@H]1CCSS1)NCCCOCCOCCOCCCNC(=O)CCCC[C@@H]1SC[C@@H]2NC(=O)N[C@H]21. The van der Waals surface area contributed by atoms with E-state index in [0.29, 0.717) is 70.8 Å². The highest BCUT2D eigenvalue weighted by molar-refractivity contribution is 8.77. The first kappa shape index (κ1) is 34.6. The first-order valence-electron chi connectivity index (χ1n) is 15.4. The molecule has 3 heterocycles. The minimum Gasteiger partial charge on any atom is -0.379 e. The molecule has 0 aromatic rings. The number of hydrogen-bond donors (Lipinski definition) is 4. The summed E-state index contributed by atoms with van der Waals surface area (Å²) in [6.45, 7) is 4.57. The summed E-state index contributed by atoms with van der Waals surface area (Å²) in [5, 5.41) is 13.1. The fraction of sp³-hybridized carbons (Fsp3) is 0.893. The van der Waals surface area contributed by atoms with E-state index in [1.165, 1.54) is 18.6 Å². The Balaban J connectivity index is 0.972. The summed E-state index contributed by atoms with van der Waals surface area (Å²) in [7, 11) is 3.98. The van der Waals surface area contributed by atoms with Gasteiger partial charge in [-0.3, -0.25) is 9.59 Å². The number of amides is 4. The van der Waals surface area contributed by atoms with Gasteiger partial charge in [-0.2, -0.15) is 11.8 Å². The van der Waals surface area contributed by atoms with Crippen LogP contribution in [0.5, 0.6) is 0 Å². The first-order valence-corrected chi connectivity index (χ1v) is 18.8. The lowest BCUT2D eigenvalue weighted by Gasteiger charge is -2.16. The Morgan fingerprint density at radius 1 is 0.780 bits per heavy atom. The van der Waals surface area contributed by atoms with Gasteiger partial charge in [-0.1, -0.05) is 34.4 Å². The molecule has 3 rings (SSSR count). The highest BCUT2D eigenvalue weighted by Gasteiger charge is 2.42. The average molecular weight is 635 g/mol. The van der Waals surface area contributed by atoms with Crippen molar-refractivity contribution in [3.8, 4) is 0 Å². The number of carbonyl (C=O) groups is 3. The molecule has 0 bridgehead atoms. The van der Waals surface area contributed by atoms with Crippen molar-refractivity contribution < 1.29 is 28.6 Å². The van der Waals surface area contributed by atoms with E-state index in [2.05, 4.69) is 21.3 Å². The second-order valence-electron chi connectivity index (χ2n) is 10.7. The monoisotopic (exact) mass is 634 g/mol. The fourth-order valence-electron chi connectivity index (χ4n) is 5.02. The zero-order chi connectivity index (χ0) is 29.0. The number of nitrogens with one attached hydrogen (secondary N) is 4. The first-order chi connectivity index (χ1) is 20.1. The molecule has 3 aliphatic rings. The summed E-state index contributed by atoms with van der Waals surface area (Å²) in [5.41, 5.74) is 0. The smallest absolute Gasteiger partial charge is 0.315 e. The number of carbonyl (C=O) groups excluding carboxylic acids is 3. The standard InChI is InChI=1S/C28H50N4O6S3/c33-25(9-3-1-7-22-11-20-40-41-22)29-12-5-14-36-16-18-38-19-17-37-15-6-13-30-26(34)10-4-2-8-24-27-23(21-39-24)31-28(35)32-27/h22-24,27H,1-21H2,(H,29,33)(H,30,34)(H2,31,32,35)/t22-,23+,24+,27-/m1/s1. The number of thioether (sulfide) groups is 1. The van der Waals surface area contributed by atoms with Gasteiger partial charge in [0.15, 0.2) is 0 Å². The van der Waals surface area contributed by atoms with E-state index < -0.39 is 0 Å². The molecular formula is C28H50N4O6S3. The molecule has 0 radical (unpaired) electrons. The van der Waals surface area contributed by atoms with E-state index in [-0.39, 0.29) is 29.9 Å². The topological polar surface area (TPSA) is 127 Å². The highest BCUT2D eigenvalue weighted by atomic mass is 33.1. The van der Waals surface area contributed by atoms with Crippen LogP contribution in [0.1, 0.15) is 70.6 Å². The molecule has 0 unspecified atom stereocenters. The van der Waals surface area contributed by atoms with E-state index in [9.17, 15) is 14.4 Å². The quantitative estimate of drug-likeness (QED) is 0.0717. The van der Waals surface area contributed by atoms with Gasteiger partial charge in [0.1, 0.15) is 0 Å². The van der Waals surface area contributed by atoms with Gasteiger partial charge in [0.2, 0.25) is 11.8 Å². The molecule has 13 heteroatoms. The van der Waals surface area contributed by atoms with Crippen molar-refractivity contribution >= 4 is 51.2 Å². The van der Waals surface area contributed by atoms with Gasteiger partial charge >= 0.3 is 6.03 Å². The molecule has 3 fully saturated rings. The molecule has 4 atom stereocenters. The van der Waals surface area contributed by atoms with Crippen LogP contribution in [0.25, 0.3) is 0 Å². The third-order valence-corrected chi connectivity index (χ3v) is 11.8. The molecule has 0 aliphatic carbocycles. The van der Waals surface area contributed by atoms with E-state index in [1.807, 2.05) is 33.3 Å². The number of ether oxygens (including phenoxy) is 3. The minimum absolute atomic E-state index is 0.0505. The zero-order valence-electron chi connectivity index (χ0n) is 24.3. The molecule has 4 N–H and O–H groups in total. The van der Waals surface area contributed by atoms with Crippen molar-refractivity contribution in [3.63, 3.8) is 0 Å². The summed E-state index contributed by atoms with van der Waals surface area (Å²) in [5.74, 6) is 2.48. The van der Waals surface area contributed by atoms with E-state index in [4.69, 9.17) is 14.2 Å². The molecule has 10 nitrogen and oxygen atoms in total. The van der Waals surface area contributed by atoms with Crippen molar-refractivity contribution in [2.24, 2.45) is 0 Å². The predicted octanol–water partition coefficient (Wildman–Crippen LogP) is 3.49. The Hall–Kier alpha value is -0.860. The molecule has 0 aromatic heterocycles. The van der Waals surface area contributed by atoms with Crippen LogP contribution in [0.3, 0.4) is 0 Å². The Labute approximate surface area is 257 Å². The second-order valence-corrected chi connectivity index (χ2v) is 14.7. The van der Waals surface area contributed by atoms with Crippen LogP contribution in [-0.4, -0.2) is 105 Å². The van der Waals surface area contributed by atoms with Crippen LogP contribution in [-0.2, 0) is 23.8 Å². The third kappa shape index (κ3) is 15.4. The number of unbranched alkanes of at least 4 members (excludes halogenated alkanes) is 2. The fourth-order valence-corrected chi connectivity index (χ4v) is 9.59. The van der Waals surface area contributed by atoms with Gasteiger partial charge in [0.25, 0.3) is 0 Å². The van der Waals surface area contributed by atoms with Crippen molar-refractivity contribution in [1.29, 1.82) is 0 Å². The Kier molecular flexibility index (Phi) is 18.4. The lowest BCUT2D eigenvalue weighted by molar-refractivity contribution is -0.122. The van der Waals surface area contributed by atoms with Gasteiger partial charge < -0.3 is 35.5 Å². The number of hydrogen-bond acceptors (Lipinski definition) is 9. The number of urea groups is 1. The Morgan fingerprint density at radius 3 is 2.00 bits per heavy atom. The lowest BCUT2D eigenvalue weighted by atomic mass is 10.0. The molecule has 0 spiro atoms. The maximum atomic E-state index is 12.0. The van der Waals surface area contributed by atoms with Gasteiger partial charge in [0.05, 0.1) is 38.5 Å². The maximum absolute atomic E-state index is 12.0. The summed E-state index contributed by atoms with van der Waals surface area (Å²) < 4.78 is 16.6. The normalized spacial score (nSPS) is 23.3. The molecule has 41 heavy (non-hydrogen) atoms. The second kappa shape index (κ2) is 21.8. The molecule has 0 aromatic carbocycles. The highest BCUT2D eigenvalue weighted by Crippen LogP contribution is 2.39. The lowest BCUT2D eigenvalue weighted by Crippen LogP contribution is -2.36.